The first-order valence-electron chi connectivity index (χ1n) is 3.81. The summed E-state index contributed by atoms with van der Waals surface area (Å²) in [6.07, 6.45) is 0. The van der Waals surface area contributed by atoms with Gasteiger partial charge in [-0.1, -0.05) is 39.1 Å². The first-order valence-corrected chi connectivity index (χ1v) is 5.36. The Labute approximate surface area is 105 Å². The van der Waals surface area contributed by atoms with E-state index in [9.17, 15) is 4.79 Å². The topological polar surface area (TPSA) is 64.3 Å². The second-order valence-corrected chi connectivity index (χ2v) is 4.28. The molecule has 0 saturated heterocycles. The Kier molecular flexibility index (Phi) is 4.66. The van der Waals surface area contributed by atoms with E-state index < -0.39 is 5.91 Å². The lowest BCUT2D eigenvalue weighted by Crippen LogP contribution is -2.34. The monoisotopic (exact) mass is 312 g/mol. The summed E-state index contributed by atoms with van der Waals surface area (Å²) in [7, 11) is 0. The molecule has 0 atom stereocenters. The lowest BCUT2D eigenvalue weighted by molar-refractivity contribution is -0.123. The van der Waals surface area contributed by atoms with Gasteiger partial charge in [0.05, 0.1) is 10.0 Å². The van der Waals surface area contributed by atoms with Gasteiger partial charge >= 0.3 is 0 Å². The molecular weight excluding hydrogens is 307 g/mol. The van der Waals surface area contributed by atoms with Crippen molar-refractivity contribution < 1.29 is 9.53 Å². The molecule has 0 heterocycles. The number of ether oxygens (including phenoxy) is 1. The van der Waals surface area contributed by atoms with Gasteiger partial charge in [-0.3, -0.25) is 10.2 Å². The van der Waals surface area contributed by atoms with Crippen molar-refractivity contribution in [3.63, 3.8) is 0 Å². The average molecular weight is 314 g/mol. The van der Waals surface area contributed by atoms with Gasteiger partial charge < -0.3 is 4.74 Å². The Hall–Kier alpha value is -0.490. The van der Waals surface area contributed by atoms with Crippen molar-refractivity contribution >= 4 is 45.0 Å². The molecule has 1 aromatic rings. The van der Waals surface area contributed by atoms with E-state index in [-0.39, 0.29) is 12.4 Å². The lowest BCUT2D eigenvalue weighted by atomic mass is 10.3. The number of carbonyl (C=O) groups is 1. The van der Waals surface area contributed by atoms with Crippen LogP contribution in [0.4, 0.5) is 0 Å². The highest BCUT2D eigenvalue weighted by molar-refractivity contribution is 9.10. The molecule has 82 valence electrons. The number of halogens is 3. The third-order valence-electron chi connectivity index (χ3n) is 1.47. The van der Waals surface area contributed by atoms with Crippen LogP contribution in [0.3, 0.4) is 0 Å². The Morgan fingerprint density at radius 3 is 2.47 bits per heavy atom. The van der Waals surface area contributed by atoms with Crippen molar-refractivity contribution in [1.82, 2.24) is 5.43 Å². The normalized spacial score (nSPS) is 9.87. The quantitative estimate of drug-likeness (QED) is 0.510. The fraction of sp³-hybridized carbons (Fsp3) is 0.125. The standard InChI is InChI=1S/C8H7BrCl2N2O2/c9-4-1-5(10)8(6(11)2-4)15-3-7(14)13-12/h1-2H,3,12H2,(H,13,14). The smallest absolute Gasteiger partial charge is 0.271 e. The number of amides is 1. The molecular formula is C8H7BrCl2N2O2. The van der Waals surface area contributed by atoms with Gasteiger partial charge in [-0.15, -0.1) is 0 Å². The molecule has 1 aromatic carbocycles. The predicted molar refractivity (Wildman–Crippen MR) is 62.0 cm³/mol. The summed E-state index contributed by atoms with van der Waals surface area (Å²) >= 11 is 14.9. The number of nitrogens with two attached hydrogens (primary N) is 1. The maximum Gasteiger partial charge on any atom is 0.271 e. The molecule has 0 unspecified atom stereocenters. The van der Waals surface area contributed by atoms with Crippen LogP contribution in [0.25, 0.3) is 0 Å². The zero-order valence-electron chi connectivity index (χ0n) is 7.39. The van der Waals surface area contributed by atoms with Gasteiger partial charge in [-0.25, -0.2) is 5.84 Å². The van der Waals surface area contributed by atoms with E-state index in [0.717, 1.165) is 4.47 Å². The summed E-state index contributed by atoms with van der Waals surface area (Å²) in [4.78, 5) is 10.8. The molecule has 0 aliphatic heterocycles. The third-order valence-corrected chi connectivity index (χ3v) is 2.49. The first-order chi connectivity index (χ1) is 7.04. The number of carbonyl (C=O) groups excluding carboxylic acids is 1. The van der Waals surface area contributed by atoms with Gasteiger partial charge in [-0.05, 0) is 12.1 Å². The van der Waals surface area contributed by atoms with Crippen LogP contribution in [0.2, 0.25) is 10.0 Å². The van der Waals surface area contributed by atoms with Crippen LogP contribution in [0, 0.1) is 0 Å². The van der Waals surface area contributed by atoms with Gasteiger partial charge in [0.2, 0.25) is 0 Å². The van der Waals surface area contributed by atoms with Gasteiger partial charge in [0.25, 0.3) is 5.91 Å². The average Bonchev–Trinajstić information content (AvgIpc) is 2.15. The SMILES string of the molecule is NNC(=O)COc1c(Cl)cc(Br)cc1Cl. The summed E-state index contributed by atoms with van der Waals surface area (Å²) < 4.78 is 5.83. The third kappa shape index (κ3) is 3.53. The van der Waals surface area contributed by atoms with Crippen molar-refractivity contribution in [3.05, 3.63) is 26.7 Å². The van der Waals surface area contributed by atoms with E-state index >= 15 is 0 Å². The largest absolute Gasteiger partial charge is 0.481 e. The van der Waals surface area contributed by atoms with Gasteiger partial charge in [-0.2, -0.15) is 0 Å². The minimum atomic E-state index is -0.468. The number of rotatable bonds is 3. The van der Waals surface area contributed by atoms with Gasteiger partial charge in [0.1, 0.15) is 0 Å². The second kappa shape index (κ2) is 5.55. The highest BCUT2D eigenvalue weighted by Gasteiger charge is 2.10. The number of hydrogen-bond donors (Lipinski definition) is 2. The van der Waals surface area contributed by atoms with Crippen LogP contribution in [0.15, 0.2) is 16.6 Å². The molecule has 0 aliphatic rings. The summed E-state index contributed by atoms with van der Waals surface area (Å²) in [5.41, 5.74) is 1.93. The van der Waals surface area contributed by atoms with Crippen molar-refractivity contribution in [3.8, 4) is 5.75 Å². The van der Waals surface area contributed by atoms with E-state index in [1.54, 1.807) is 12.1 Å². The molecule has 1 rings (SSSR count). The van der Waals surface area contributed by atoms with E-state index in [1.807, 2.05) is 5.43 Å². The zero-order chi connectivity index (χ0) is 11.4. The molecule has 0 aromatic heterocycles. The molecule has 0 aliphatic carbocycles. The van der Waals surface area contributed by atoms with E-state index in [2.05, 4.69) is 15.9 Å². The molecule has 0 spiro atoms. The Bertz CT molecular complexity index is 364. The minimum absolute atomic E-state index is 0.239. The number of hydrazine groups is 1. The maximum absolute atomic E-state index is 10.8. The summed E-state index contributed by atoms with van der Waals surface area (Å²) in [6, 6.07) is 3.23. The van der Waals surface area contributed by atoms with Crippen LogP contribution < -0.4 is 16.0 Å². The Balaban J connectivity index is 2.81. The Morgan fingerprint density at radius 2 is 2.00 bits per heavy atom. The van der Waals surface area contributed by atoms with Crippen molar-refractivity contribution in [2.24, 2.45) is 5.84 Å². The van der Waals surface area contributed by atoms with E-state index in [1.165, 1.54) is 0 Å². The molecule has 15 heavy (non-hydrogen) atoms. The molecule has 0 saturated carbocycles. The van der Waals surface area contributed by atoms with Crippen LogP contribution in [0.5, 0.6) is 5.75 Å². The molecule has 7 heteroatoms. The van der Waals surface area contributed by atoms with E-state index in [0.29, 0.717) is 10.0 Å². The van der Waals surface area contributed by atoms with Crippen molar-refractivity contribution in [2.45, 2.75) is 0 Å². The number of nitrogens with one attached hydrogen (secondary N) is 1. The summed E-state index contributed by atoms with van der Waals surface area (Å²) in [5.74, 6) is 4.67. The van der Waals surface area contributed by atoms with Crippen molar-refractivity contribution in [2.75, 3.05) is 6.61 Å². The maximum atomic E-state index is 10.8. The molecule has 3 N–H and O–H groups in total. The fourth-order valence-corrected chi connectivity index (χ4v) is 2.16. The molecule has 0 radical (unpaired) electrons. The summed E-state index contributed by atoms with van der Waals surface area (Å²) in [5, 5.41) is 0.637. The first kappa shape index (κ1) is 12.6. The van der Waals surface area contributed by atoms with Crippen molar-refractivity contribution in [1.29, 1.82) is 0 Å². The van der Waals surface area contributed by atoms with Crippen LogP contribution in [-0.2, 0) is 4.79 Å². The zero-order valence-corrected chi connectivity index (χ0v) is 10.5. The molecule has 4 nitrogen and oxygen atoms in total. The summed E-state index contributed by atoms with van der Waals surface area (Å²) in [6.45, 7) is -0.239. The van der Waals surface area contributed by atoms with Crippen LogP contribution in [-0.4, -0.2) is 12.5 Å². The highest BCUT2D eigenvalue weighted by atomic mass is 79.9. The van der Waals surface area contributed by atoms with Gasteiger partial charge in [0, 0.05) is 4.47 Å². The Morgan fingerprint density at radius 1 is 1.47 bits per heavy atom. The molecule has 0 bridgehead atoms. The lowest BCUT2D eigenvalue weighted by Gasteiger charge is -2.09. The predicted octanol–water partition coefficient (Wildman–Crippen LogP) is 2.12. The minimum Gasteiger partial charge on any atom is -0.481 e. The van der Waals surface area contributed by atoms with Crippen LogP contribution >= 0.6 is 39.1 Å². The van der Waals surface area contributed by atoms with Gasteiger partial charge in [0.15, 0.2) is 12.4 Å². The highest BCUT2D eigenvalue weighted by Crippen LogP contribution is 2.35. The molecule has 1 amide bonds. The molecule has 0 fully saturated rings. The van der Waals surface area contributed by atoms with Crippen LogP contribution in [0.1, 0.15) is 0 Å². The number of benzene rings is 1. The second-order valence-electron chi connectivity index (χ2n) is 2.55. The number of hydrogen-bond acceptors (Lipinski definition) is 3. The fourth-order valence-electron chi connectivity index (χ4n) is 0.846. The van der Waals surface area contributed by atoms with E-state index in [4.69, 9.17) is 33.8 Å².